The van der Waals surface area contributed by atoms with Gasteiger partial charge in [-0.1, -0.05) is 45.9 Å². The number of para-hydroxylation sites is 1. The molecule has 1 N–H and O–H groups in total. The van der Waals surface area contributed by atoms with Gasteiger partial charge in [0.1, 0.15) is 0 Å². The number of aromatic amines is 1. The Balaban J connectivity index is 2.67. The molecule has 1 aromatic carbocycles. The molecule has 4 nitrogen and oxygen atoms in total. The second kappa shape index (κ2) is 6.78. The molecule has 0 atom stereocenters. The highest BCUT2D eigenvalue weighted by atomic mass is 31.2. The van der Waals surface area contributed by atoms with Gasteiger partial charge >= 0.3 is 0 Å². The van der Waals surface area contributed by atoms with Crippen molar-refractivity contribution in [3.63, 3.8) is 0 Å². The Morgan fingerprint density at radius 1 is 0.952 bits per heavy atom. The zero-order chi connectivity index (χ0) is 15.5. The first-order valence-electron chi connectivity index (χ1n) is 7.80. The molecule has 2 rings (SSSR count). The third kappa shape index (κ3) is 2.68. The van der Waals surface area contributed by atoms with E-state index in [0.717, 1.165) is 42.4 Å². The number of benzene rings is 1. The standard InChI is InChI=1S/C16H26N3OP/c1-5-18(6-2)21(20,19(7-3)8-4)16-13-17-15-12-10-9-11-14(15)16/h9-13,17H,5-8H2,1-4H3. The molecule has 0 aliphatic heterocycles. The third-order valence-corrected chi connectivity index (χ3v) is 7.77. The van der Waals surface area contributed by atoms with Gasteiger partial charge in [-0.2, -0.15) is 0 Å². The maximum atomic E-state index is 14.0. The van der Waals surface area contributed by atoms with E-state index in [9.17, 15) is 4.57 Å². The van der Waals surface area contributed by atoms with Crippen molar-refractivity contribution in [2.24, 2.45) is 0 Å². The summed E-state index contributed by atoms with van der Waals surface area (Å²) in [6.07, 6.45) is 1.93. The molecule has 0 unspecified atom stereocenters. The minimum Gasteiger partial charge on any atom is -0.360 e. The molecule has 21 heavy (non-hydrogen) atoms. The molecule has 0 spiro atoms. The normalized spacial score (nSPS) is 12.7. The molecule has 0 fully saturated rings. The topological polar surface area (TPSA) is 39.3 Å². The van der Waals surface area contributed by atoms with E-state index in [2.05, 4.69) is 48.1 Å². The van der Waals surface area contributed by atoms with Gasteiger partial charge in [-0.05, 0) is 6.07 Å². The van der Waals surface area contributed by atoms with E-state index < -0.39 is 7.44 Å². The molecule has 0 aliphatic carbocycles. The summed E-state index contributed by atoms with van der Waals surface area (Å²) in [7, 11) is -2.75. The van der Waals surface area contributed by atoms with Gasteiger partial charge in [-0.15, -0.1) is 0 Å². The SMILES string of the molecule is CCN(CC)P(=O)(c1c[nH]c2ccccc12)N(CC)CC. The number of nitrogens with zero attached hydrogens (tertiary/aromatic N) is 2. The zero-order valence-corrected chi connectivity index (χ0v) is 14.4. The van der Waals surface area contributed by atoms with E-state index in [0.29, 0.717) is 0 Å². The lowest BCUT2D eigenvalue weighted by molar-refractivity contribution is 0.369. The van der Waals surface area contributed by atoms with Gasteiger partial charge in [0.05, 0.1) is 5.30 Å². The molecule has 0 saturated carbocycles. The minimum absolute atomic E-state index is 0.782. The quantitative estimate of drug-likeness (QED) is 0.793. The third-order valence-electron chi connectivity index (χ3n) is 4.11. The monoisotopic (exact) mass is 307 g/mol. The summed E-state index contributed by atoms with van der Waals surface area (Å²) in [5, 5.41) is 2.00. The average Bonchev–Trinajstić information content (AvgIpc) is 2.94. The van der Waals surface area contributed by atoms with Gasteiger partial charge in [0.2, 0.25) is 7.44 Å². The minimum atomic E-state index is -2.75. The maximum absolute atomic E-state index is 14.0. The highest BCUT2D eigenvalue weighted by Gasteiger charge is 2.37. The summed E-state index contributed by atoms with van der Waals surface area (Å²) in [5.74, 6) is 0. The molecular weight excluding hydrogens is 281 g/mol. The van der Waals surface area contributed by atoms with Crippen molar-refractivity contribution in [2.75, 3.05) is 26.2 Å². The summed E-state index contributed by atoms with van der Waals surface area (Å²) in [5.41, 5.74) is 1.05. The number of rotatable bonds is 7. The lowest BCUT2D eigenvalue weighted by Crippen LogP contribution is -2.37. The first-order chi connectivity index (χ1) is 10.1. The first kappa shape index (κ1) is 16.3. The molecule has 0 bridgehead atoms. The van der Waals surface area contributed by atoms with Crippen LogP contribution in [-0.4, -0.2) is 40.5 Å². The molecule has 116 valence electrons. The number of fused-ring (bicyclic) bond motifs is 1. The van der Waals surface area contributed by atoms with E-state index in [1.165, 1.54) is 0 Å². The molecule has 2 aromatic rings. The second-order valence-corrected chi connectivity index (χ2v) is 7.74. The van der Waals surface area contributed by atoms with Crippen molar-refractivity contribution in [2.45, 2.75) is 27.7 Å². The largest absolute Gasteiger partial charge is 0.360 e. The number of H-pyrrole nitrogens is 1. The zero-order valence-electron chi connectivity index (χ0n) is 13.5. The molecule has 5 heteroatoms. The molecule has 1 heterocycles. The molecule has 0 aliphatic rings. The van der Waals surface area contributed by atoms with Crippen LogP contribution in [0.2, 0.25) is 0 Å². The lowest BCUT2D eigenvalue weighted by Gasteiger charge is -2.37. The highest BCUT2D eigenvalue weighted by molar-refractivity contribution is 7.67. The van der Waals surface area contributed by atoms with Crippen LogP contribution in [0.4, 0.5) is 0 Å². The number of hydrogen-bond donors (Lipinski definition) is 1. The maximum Gasteiger partial charge on any atom is 0.247 e. The van der Waals surface area contributed by atoms with Crippen LogP contribution < -0.4 is 5.30 Å². The van der Waals surface area contributed by atoms with Crippen LogP contribution >= 0.6 is 7.44 Å². The van der Waals surface area contributed by atoms with Gasteiger partial charge in [0, 0.05) is 43.3 Å². The fourth-order valence-electron chi connectivity index (χ4n) is 2.99. The smallest absolute Gasteiger partial charge is 0.247 e. The van der Waals surface area contributed by atoms with Gasteiger partial charge in [-0.3, -0.25) is 4.57 Å². The summed E-state index contributed by atoms with van der Waals surface area (Å²) in [6, 6.07) is 8.10. The molecule has 0 radical (unpaired) electrons. The Bertz CT molecular complexity index is 613. The van der Waals surface area contributed by atoms with E-state index in [4.69, 9.17) is 0 Å². The van der Waals surface area contributed by atoms with Crippen LogP contribution in [-0.2, 0) is 4.57 Å². The van der Waals surface area contributed by atoms with Crippen LogP contribution in [0.5, 0.6) is 0 Å². The van der Waals surface area contributed by atoms with Crippen molar-refractivity contribution < 1.29 is 4.57 Å². The van der Waals surface area contributed by atoms with Crippen molar-refractivity contribution in [3.8, 4) is 0 Å². The summed E-state index contributed by atoms with van der Waals surface area (Å²) < 4.78 is 18.3. The van der Waals surface area contributed by atoms with Gasteiger partial charge in [-0.25, -0.2) is 9.34 Å². The predicted octanol–water partition coefficient (Wildman–Crippen LogP) is 3.67. The van der Waals surface area contributed by atoms with Crippen LogP contribution in [0.1, 0.15) is 27.7 Å². The highest BCUT2D eigenvalue weighted by Crippen LogP contribution is 2.52. The second-order valence-electron chi connectivity index (χ2n) is 5.04. The Kier molecular flexibility index (Phi) is 5.26. The number of hydrogen-bond acceptors (Lipinski definition) is 1. The van der Waals surface area contributed by atoms with Crippen molar-refractivity contribution in [1.29, 1.82) is 0 Å². The summed E-state index contributed by atoms with van der Waals surface area (Å²) in [6.45, 7) is 11.4. The van der Waals surface area contributed by atoms with Crippen molar-refractivity contribution in [1.82, 2.24) is 14.3 Å². The fourth-order valence-corrected chi connectivity index (χ4v) is 6.24. The van der Waals surface area contributed by atoms with Gasteiger partial charge in [0.25, 0.3) is 0 Å². The Morgan fingerprint density at radius 3 is 2.00 bits per heavy atom. The van der Waals surface area contributed by atoms with E-state index in [1.54, 1.807) is 0 Å². The molecular formula is C16H26N3OP. The molecule has 0 saturated heterocycles. The van der Waals surface area contributed by atoms with Crippen molar-refractivity contribution >= 4 is 23.7 Å². The van der Waals surface area contributed by atoms with Crippen molar-refractivity contribution in [3.05, 3.63) is 30.5 Å². The van der Waals surface area contributed by atoms with Crippen LogP contribution in [0, 0.1) is 0 Å². The number of nitrogens with one attached hydrogen (secondary N) is 1. The van der Waals surface area contributed by atoms with E-state index in [-0.39, 0.29) is 0 Å². The van der Waals surface area contributed by atoms with E-state index >= 15 is 0 Å². The fraction of sp³-hybridized carbons (Fsp3) is 0.500. The van der Waals surface area contributed by atoms with Crippen LogP contribution in [0.3, 0.4) is 0 Å². The van der Waals surface area contributed by atoms with Gasteiger partial charge < -0.3 is 4.98 Å². The summed E-state index contributed by atoms with van der Waals surface area (Å²) in [4.78, 5) is 3.27. The van der Waals surface area contributed by atoms with Crippen LogP contribution in [0.25, 0.3) is 10.9 Å². The summed E-state index contributed by atoms with van der Waals surface area (Å²) >= 11 is 0. The lowest BCUT2D eigenvalue weighted by atomic mass is 10.2. The predicted molar refractivity (Wildman–Crippen MR) is 91.4 cm³/mol. The van der Waals surface area contributed by atoms with E-state index in [1.807, 2.05) is 24.4 Å². The first-order valence-corrected chi connectivity index (χ1v) is 9.42. The Hall–Kier alpha value is -1.09. The molecule has 1 aromatic heterocycles. The molecule has 0 amide bonds. The Morgan fingerprint density at radius 2 is 1.48 bits per heavy atom. The Labute approximate surface area is 127 Å². The number of aromatic nitrogens is 1. The van der Waals surface area contributed by atoms with Gasteiger partial charge in [0.15, 0.2) is 0 Å². The van der Waals surface area contributed by atoms with Crippen LogP contribution in [0.15, 0.2) is 30.5 Å². The average molecular weight is 307 g/mol.